The van der Waals surface area contributed by atoms with Crippen LogP contribution in [0, 0.1) is 0 Å². The highest BCUT2D eigenvalue weighted by Gasteiger charge is 2.06. The molecule has 1 heterocycles. The lowest BCUT2D eigenvalue weighted by Gasteiger charge is -2.05. The van der Waals surface area contributed by atoms with Gasteiger partial charge in [0.05, 0.1) is 12.8 Å². The predicted octanol–water partition coefficient (Wildman–Crippen LogP) is 3.25. The molecule has 0 amide bonds. The van der Waals surface area contributed by atoms with Crippen LogP contribution in [-0.4, -0.2) is 28.6 Å². The number of phenolic OH excluding ortho intramolecular Hbond substituents is 1. The third-order valence-corrected chi connectivity index (χ3v) is 3.94. The Kier molecular flexibility index (Phi) is 4.20. The molecule has 0 spiro atoms. The molecule has 6 nitrogen and oxygen atoms in total. The number of phenols is 1. The highest BCUT2D eigenvalue weighted by molar-refractivity contribution is 7.18. The number of aromatic hydroxyl groups is 1. The molecule has 0 unspecified atom stereocenters. The van der Waals surface area contributed by atoms with Crippen molar-refractivity contribution in [2.24, 2.45) is 4.99 Å². The number of anilines is 1. The molecule has 3 aromatic rings. The number of nitrogens with two attached hydrogens (primary N) is 1. The fraction of sp³-hybridized carbons (Fsp3) is 0.0625. The van der Waals surface area contributed by atoms with Crippen molar-refractivity contribution in [2.45, 2.75) is 0 Å². The summed E-state index contributed by atoms with van der Waals surface area (Å²) in [4.78, 5) is 4.39. The number of hydrogen-bond acceptors (Lipinski definition) is 7. The van der Waals surface area contributed by atoms with Crippen LogP contribution in [0.4, 0.5) is 10.8 Å². The van der Waals surface area contributed by atoms with Crippen LogP contribution in [-0.2, 0) is 0 Å². The lowest BCUT2D eigenvalue weighted by molar-refractivity contribution is 0.373. The topological polar surface area (TPSA) is 93.6 Å². The standard InChI is InChI=1S/C16H14N4O2S/c1-22-13-7-3-5-11(14(13)21)9-18-12-6-2-4-10(8-12)15-19-20-16(17)23-15/h2-9,21H,1H3,(H2,17,20). The maximum Gasteiger partial charge on any atom is 0.203 e. The van der Waals surface area contributed by atoms with Crippen LogP contribution in [0.25, 0.3) is 10.6 Å². The van der Waals surface area contributed by atoms with E-state index in [4.69, 9.17) is 10.5 Å². The van der Waals surface area contributed by atoms with E-state index in [0.29, 0.717) is 16.4 Å². The predicted molar refractivity (Wildman–Crippen MR) is 91.7 cm³/mol. The average Bonchev–Trinajstić information content (AvgIpc) is 3.01. The van der Waals surface area contributed by atoms with Crippen molar-refractivity contribution in [2.75, 3.05) is 12.8 Å². The smallest absolute Gasteiger partial charge is 0.203 e. The lowest BCUT2D eigenvalue weighted by atomic mass is 10.2. The zero-order chi connectivity index (χ0) is 16.2. The van der Waals surface area contributed by atoms with Gasteiger partial charge in [-0.1, -0.05) is 29.5 Å². The fourth-order valence-electron chi connectivity index (χ4n) is 2.02. The Bertz CT molecular complexity index is 861. The third kappa shape index (κ3) is 3.29. The van der Waals surface area contributed by atoms with Crippen molar-refractivity contribution in [1.29, 1.82) is 0 Å². The minimum atomic E-state index is 0.0619. The summed E-state index contributed by atoms with van der Waals surface area (Å²) < 4.78 is 5.08. The van der Waals surface area contributed by atoms with E-state index in [1.165, 1.54) is 18.4 Å². The van der Waals surface area contributed by atoms with E-state index in [1.807, 2.05) is 24.3 Å². The molecular formula is C16H14N4O2S. The molecule has 116 valence electrons. The van der Waals surface area contributed by atoms with Crippen molar-refractivity contribution in [3.05, 3.63) is 48.0 Å². The first kappa shape index (κ1) is 15.0. The maximum absolute atomic E-state index is 10.1. The zero-order valence-electron chi connectivity index (χ0n) is 12.3. The molecule has 0 aliphatic carbocycles. The molecule has 3 N–H and O–H groups in total. The SMILES string of the molecule is COc1cccc(C=Nc2cccc(-c3nnc(N)s3)c2)c1O. The molecule has 1 aromatic heterocycles. The molecule has 23 heavy (non-hydrogen) atoms. The number of aliphatic imine (C=N–C) groups is 1. The Labute approximate surface area is 136 Å². The number of rotatable bonds is 4. The second-order valence-corrected chi connectivity index (χ2v) is 5.66. The van der Waals surface area contributed by atoms with Crippen molar-refractivity contribution in [3.63, 3.8) is 0 Å². The van der Waals surface area contributed by atoms with Crippen LogP contribution in [0.2, 0.25) is 0 Å². The molecule has 0 aliphatic rings. The van der Waals surface area contributed by atoms with Gasteiger partial charge in [-0.05, 0) is 24.3 Å². The van der Waals surface area contributed by atoms with Gasteiger partial charge in [0.2, 0.25) is 5.13 Å². The van der Waals surface area contributed by atoms with Gasteiger partial charge >= 0.3 is 0 Å². The highest BCUT2D eigenvalue weighted by atomic mass is 32.1. The van der Waals surface area contributed by atoms with E-state index in [-0.39, 0.29) is 5.75 Å². The number of methoxy groups -OCH3 is 1. The Morgan fingerprint density at radius 2 is 2.04 bits per heavy atom. The maximum atomic E-state index is 10.1. The number of nitrogen functional groups attached to an aromatic ring is 1. The summed E-state index contributed by atoms with van der Waals surface area (Å²) in [6.07, 6.45) is 1.59. The Balaban J connectivity index is 1.89. The molecular weight excluding hydrogens is 312 g/mol. The summed E-state index contributed by atoms with van der Waals surface area (Å²) in [5.74, 6) is 0.471. The number of hydrogen-bond donors (Lipinski definition) is 2. The number of para-hydroxylation sites is 1. The quantitative estimate of drug-likeness (QED) is 0.718. The van der Waals surface area contributed by atoms with Crippen LogP contribution in [0.15, 0.2) is 47.5 Å². The van der Waals surface area contributed by atoms with Gasteiger partial charge in [-0.2, -0.15) is 0 Å². The normalized spacial score (nSPS) is 11.0. The summed E-state index contributed by atoms with van der Waals surface area (Å²) >= 11 is 1.32. The van der Waals surface area contributed by atoms with Crippen LogP contribution in [0.1, 0.15) is 5.56 Å². The second kappa shape index (κ2) is 6.45. The van der Waals surface area contributed by atoms with E-state index in [2.05, 4.69) is 15.2 Å². The van der Waals surface area contributed by atoms with E-state index in [0.717, 1.165) is 16.3 Å². The highest BCUT2D eigenvalue weighted by Crippen LogP contribution is 2.30. The molecule has 0 fully saturated rings. The molecule has 2 aromatic carbocycles. The van der Waals surface area contributed by atoms with Crippen LogP contribution < -0.4 is 10.5 Å². The first-order valence-electron chi connectivity index (χ1n) is 6.77. The van der Waals surface area contributed by atoms with Crippen LogP contribution >= 0.6 is 11.3 Å². The Hall–Kier alpha value is -2.93. The minimum Gasteiger partial charge on any atom is -0.504 e. The Morgan fingerprint density at radius 3 is 2.78 bits per heavy atom. The first-order chi connectivity index (χ1) is 11.2. The molecule has 0 saturated carbocycles. The van der Waals surface area contributed by atoms with Crippen molar-refractivity contribution in [3.8, 4) is 22.1 Å². The Morgan fingerprint density at radius 1 is 1.22 bits per heavy atom. The van der Waals surface area contributed by atoms with E-state index < -0.39 is 0 Å². The number of aromatic nitrogens is 2. The van der Waals surface area contributed by atoms with Gasteiger partial charge in [-0.15, -0.1) is 10.2 Å². The molecule has 3 rings (SSSR count). The number of benzene rings is 2. The van der Waals surface area contributed by atoms with Gasteiger partial charge in [-0.25, -0.2) is 0 Å². The minimum absolute atomic E-state index is 0.0619. The molecule has 0 saturated heterocycles. The summed E-state index contributed by atoms with van der Waals surface area (Å²) in [5, 5.41) is 19.0. The molecule has 7 heteroatoms. The monoisotopic (exact) mass is 326 g/mol. The molecule has 0 atom stereocenters. The van der Waals surface area contributed by atoms with Gasteiger partial charge < -0.3 is 15.6 Å². The van der Waals surface area contributed by atoms with Gasteiger partial charge in [-0.3, -0.25) is 4.99 Å². The van der Waals surface area contributed by atoms with Crippen molar-refractivity contribution < 1.29 is 9.84 Å². The summed E-state index contributed by atoms with van der Waals surface area (Å²) in [6.45, 7) is 0. The number of nitrogens with zero attached hydrogens (tertiary/aromatic N) is 3. The first-order valence-corrected chi connectivity index (χ1v) is 7.58. The average molecular weight is 326 g/mol. The zero-order valence-corrected chi connectivity index (χ0v) is 13.1. The summed E-state index contributed by atoms with van der Waals surface area (Å²) in [5.41, 5.74) is 7.81. The summed E-state index contributed by atoms with van der Waals surface area (Å²) in [7, 11) is 1.51. The fourth-order valence-corrected chi connectivity index (χ4v) is 2.63. The van der Waals surface area contributed by atoms with Crippen molar-refractivity contribution in [1.82, 2.24) is 10.2 Å². The second-order valence-electron chi connectivity index (χ2n) is 4.65. The molecule has 0 aliphatic heterocycles. The van der Waals surface area contributed by atoms with Gasteiger partial charge in [0.25, 0.3) is 0 Å². The van der Waals surface area contributed by atoms with Gasteiger partial charge in [0, 0.05) is 17.3 Å². The lowest BCUT2D eigenvalue weighted by Crippen LogP contribution is -1.88. The van der Waals surface area contributed by atoms with E-state index in [1.54, 1.807) is 24.4 Å². The van der Waals surface area contributed by atoms with Gasteiger partial charge in [0.1, 0.15) is 5.01 Å². The third-order valence-electron chi connectivity index (χ3n) is 3.14. The van der Waals surface area contributed by atoms with E-state index in [9.17, 15) is 5.11 Å². The van der Waals surface area contributed by atoms with E-state index >= 15 is 0 Å². The largest absolute Gasteiger partial charge is 0.504 e. The van der Waals surface area contributed by atoms with Gasteiger partial charge in [0.15, 0.2) is 11.5 Å². The number of ether oxygens (including phenoxy) is 1. The molecule has 0 bridgehead atoms. The molecule has 0 radical (unpaired) electrons. The van der Waals surface area contributed by atoms with Crippen molar-refractivity contribution >= 4 is 28.4 Å². The van der Waals surface area contributed by atoms with Crippen LogP contribution in [0.5, 0.6) is 11.5 Å². The summed E-state index contributed by atoms with van der Waals surface area (Å²) in [6, 6.07) is 12.8. The van der Waals surface area contributed by atoms with Crippen LogP contribution in [0.3, 0.4) is 0 Å².